The second-order valence-electron chi connectivity index (χ2n) is 5.61. The van der Waals surface area contributed by atoms with Crippen LogP contribution < -0.4 is 0 Å². The first-order chi connectivity index (χ1) is 8.82. The fourth-order valence-corrected chi connectivity index (χ4v) is 3.52. The standard InChI is InChI=1S/C15H22NO2/c17-12-15-10-14-8-4-5-9-16(14,18-15)11-13-6-2-1-3-7-13/h1-3,6-7,14-15,17H,4-5,8-12H2/q+1/t14-,15-,16-/m0/s1. The number of hydroxylamine groups is 3. The minimum absolute atomic E-state index is 0.0387. The van der Waals surface area contributed by atoms with Gasteiger partial charge in [0.2, 0.25) is 0 Å². The summed E-state index contributed by atoms with van der Waals surface area (Å²) in [6.45, 7) is 2.20. The van der Waals surface area contributed by atoms with Crippen molar-refractivity contribution in [2.45, 2.75) is 44.4 Å². The molecule has 0 aliphatic carbocycles. The molecule has 98 valence electrons. The van der Waals surface area contributed by atoms with Gasteiger partial charge in [0.05, 0.1) is 6.61 Å². The minimum atomic E-state index is 0.0387. The molecule has 3 heteroatoms. The zero-order valence-corrected chi connectivity index (χ0v) is 10.8. The molecule has 0 bridgehead atoms. The Labute approximate surface area is 109 Å². The van der Waals surface area contributed by atoms with Crippen LogP contribution in [-0.4, -0.2) is 35.1 Å². The van der Waals surface area contributed by atoms with E-state index < -0.39 is 0 Å². The van der Waals surface area contributed by atoms with Crippen LogP contribution in [0.25, 0.3) is 0 Å². The predicted octanol–water partition coefficient (Wildman–Crippen LogP) is 2.25. The topological polar surface area (TPSA) is 29.5 Å². The molecule has 1 aromatic carbocycles. The van der Waals surface area contributed by atoms with Gasteiger partial charge in [0.25, 0.3) is 0 Å². The third-order valence-electron chi connectivity index (χ3n) is 4.38. The Morgan fingerprint density at radius 1 is 1.22 bits per heavy atom. The highest BCUT2D eigenvalue weighted by Crippen LogP contribution is 2.38. The largest absolute Gasteiger partial charge is 0.393 e. The van der Waals surface area contributed by atoms with Crippen molar-refractivity contribution in [2.75, 3.05) is 13.2 Å². The number of quaternary nitrogens is 1. The molecule has 2 aliphatic heterocycles. The SMILES string of the molecule is OC[C@@H]1C[C@@H]2CCCC[N@@+]2(Cc2ccccc2)O1. The van der Waals surface area contributed by atoms with Gasteiger partial charge in [-0.1, -0.05) is 30.3 Å². The van der Waals surface area contributed by atoms with E-state index in [2.05, 4.69) is 30.3 Å². The first kappa shape index (κ1) is 12.2. The summed E-state index contributed by atoms with van der Waals surface area (Å²) in [5, 5.41) is 9.36. The average molecular weight is 248 g/mol. The summed E-state index contributed by atoms with van der Waals surface area (Å²) < 4.78 is 0.745. The summed E-state index contributed by atoms with van der Waals surface area (Å²) in [4.78, 5) is 6.19. The lowest BCUT2D eigenvalue weighted by atomic mass is 9.97. The molecule has 0 radical (unpaired) electrons. The summed E-state index contributed by atoms with van der Waals surface area (Å²) in [6.07, 6.45) is 4.84. The molecule has 2 heterocycles. The third-order valence-corrected chi connectivity index (χ3v) is 4.38. The van der Waals surface area contributed by atoms with Gasteiger partial charge in [-0.25, -0.2) is 0 Å². The monoisotopic (exact) mass is 248 g/mol. The maximum Gasteiger partial charge on any atom is 0.145 e. The van der Waals surface area contributed by atoms with E-state index in [1.807, 2.05) is 0 Å². The van der Waals surface area contributed by atoms with E-state index in [4.69, 9.17) is 4.84 Å². The number of piperidine rings is 1. The molecule has 3 rings (SSSR count). The molecule has 3 atom stereocenters. The molecule has 1 N–H and O–H groups in total. The zero-order chi connectivity index (χ0) is 12.4. The first-order valence-electron chi connectivity index (χ1n) is 7.02. The molecule has 0 spiro atoms. The normalized spacial score (nSPS) is 35.4. The van der Waals surface area contributed by atoms with Crippen LogP contribution in [0.2, 0.25) is 0 Å². The highest BCUT2D eigenvalue weighted by molar-refractivity contribution is 5.13. The highest BCUT2D eigenvalue weighted by atomic mass is 16.7. The lowest BCUT2D eigenvalue weighted by Crippen LogP contribution is -2.52. The fourth-order valence-electron chi connectivity index (χ4n) is 3.52. The van der Waals surface area contributed by atoms with E-state index in [1.54, 1.807) is 0 Å². The number of hydrogen-bond acceptors (Lipinski definition) is 2. The van der Waals surface area contributed by atoms with Crippen molar-refractivity contribution >= 4 is 0 Å². The van der Waals surface area contributed by atoms with Gasteiger partial charge in [-0.15, -0.1) is 0 Å². The van der Waals surface area contributed by atoms with Crippen LogP contribution >= 0.6 is 0 Å². The third kappa shape index (κ3) is 2.18. The Bertz CT molecular complexity index is 395. The van der Waals surface area contributed by atoms with E-state index in [0.29, 0.717) is 6.04 Å². The lowest BCUT2D eigenvalue weighted by molar-refractivity contribution is -1.12. The molecular weight excluding hydrogens is 226 g/mol. The van der Waals surface area contributed by atoms with Crippen LogP contribution in [0, 0.1) is 0 Å². The summed E-state index contributed by atoms with van der Waals surface area (Å²) in [5.41, 5.74) is 1.34. The Morgan fingerprint density at radius 2 is 2.06 bits per heavy atom. The number of benzene rings is 1. The number of fused-ring (bicyclic) bond motifs is 1. The van der Waals surface area contributed by atoms with Gasteiger partial charge in [0, 0.05) is 18.4 Å². The minimum Gasteiger partial charge on any atom is -0.393 e. The number of aliphatic hydroxyl groups is 1. The molecule has 0 unspecified atom stereocenters. The summed E-state index contributed by atoms with van der Waals surface area (Å²) in [6, 6.07) is 11.2. The summed E-state index contributed by atoms with van der Waals surface area (Å²) in [5.74, 6) is 0. The Hall–Kier alpha value is -0.900. The molecule has 1 aromatic rings. The molecule has 0 saturated carbocycles. The van der Waals surface area contributed by atoms with Gasteiger partial charge in [-0.05, 0) is 12.8 Å². The van der Waals surface area contributed by atoms with Crippen molar-refractivity contribution in [3.05, 3.63) is 35.9 Å². The van der Waals surface area contributed by atoms with E-state index in [1.165, 1.54) is 24.8 Å². The van der Waals surface area contributed by atoms with Crippen LogP contribution in [0.3, 0.4) is 0 Å². The van der Waals surface area contributed by atoms with Crippen LogP contribution in [0.4, 0.5) is 0 Å². The van der Waals surface area contributed by atoms with Crippen molar-refractivity contribution in [3.8, 4) is 0 Å². The van der Waals surface area contributed by atoms with E-state index in [-0.39, 0.29) is 12.7 Å². The predicted molar refractivity (Wildman–Crippen MR) is 69.5 cm³/mol. The highest BCUT2D eigenvalue weighted by Gasteiger charge is 2.50. The van der Waals surface area contributed by atoms with Crippen molar-refractivity contribution in [2.24, 2.45) is 0 Å². The Kier molecular flexibility index (Phi) is 3.37. The second-order valence-corrected chi connectivity index (χ2v) is 5.61. The molecular formula is C15H22NO2+. The molecule has 2 saturated heterocycles. The van der Waals surface area contributed by atoms with Crippen molar-refractivity contribution < 1.29 is 14.6 Å². The molecule has 18 heavy (non-hydrogen) atoms. The average Bonchev–Trinajstić information content (AvgIpc) is 2.78. The zero-order valence-electron chi connectivity index (χ0n) is 10.8. The maximum atomic E-state index is 9.36. The van der Waals surface area contributed by atoms with Crippen molar-refractivity contribution in [1.29, 1.82) is 0 Å². The van der Waals surface area contributed by atoms with E-state index >= 15 is 0 Å². The van der Waals surface area contributed by atoms with Gasteiger partial charge in [0.15, 0.2) is 0 Å². The smallest absolute Gasteiger partial charge is 0.145 e. The van der Waals surface area contributed by atoms with Crippen molar-refractivity contribution in [3.63, 3.8) is 0 Å². The van der Waals surface area contributed by atoms with Crippen LogP contribution in [0.5, 0.6) is 0 Å². The first-order valence-corrected chi connectivity index (χ1v) is 7.02. The summed E-state index contributed by atoms with van der Waals surface area (Å²) >= 11 is 0. The number of nitrogens with zero attached hydrogens (tertiary/aromatic N) is 1. The van der Waals surface area contributed by atoms with Gasteiger partial charge >= 0.3 is 0 Å². The molecule has 0 amide bonds. The quantitative estimate of drug-likeness (QED) is 0.831. The maximum absolute atomic E-state index is 9.36. The number of rotatable bonds is 3. The lowest BCUT2D eigenvalue weighted by Gasteiger charge is -2.39. The van der Waals surface area contributed by atoms with Gasteiger partial charge in [-0.2, -0.15) is 9.48 Å². The van der Waals surface area contributed by atoms with Crippen molar-refractivity contribution in [1.82, 2.24) is 0 Å². The Morgan fingerprint density at radius 3 is 2.83 bits per heavy atom. The fraction of sp³-hybridized carbons (Fsp3) is 0.600. The second kappa shape index (κ2) is 5.00. The Balaban J connectivity index is 1.81. The molecule has 2 aliphatic rings. The number of aliphatic hydroxyl groups excluding tert-OH is 1. The van der Waals surface area contributed by atoms with Gasteiger partial charge in [-0.3, -0.25) is 0 Å². The molecule has 3 nitrogen and oxygen atoms in total. The van der Waals surface area contributed by atoms with Crippen LogP contribution in [0.15, 0.2) is 30.3 Å². The van der Waals surface area contributed by atoms with Gasteiger partial charge < -0.3 is 5.11 Å². The van der Waals surface area contributed by atoms with Crippen LogP contribution in [-0.2, 0) is 11.4 Å². The molecule has 2 fully saturated rings. The van der Waals surface area contributed by atoms with E-state index in [9.17, 15) is 5.11 Å². The number of hydrogen-bond donors (Lipinski definition) is 1. The van der Waals surface area contributed by atoms with E-state index in [0.717, 1.165) is 24.2 Å². The summed E-state index contributed by atoms with van der Waals surface area (Å²) in [7, 11) is 0. The van der Waals surface area contributed by atoms with Gasteiger partial charge in [0.1, 0.15) is 25.2 Å². The molecule has 0 aromatic heterocycles. The van der Waals surface area contributed by atoms with Crippen LogP contribution in [0.1, 0.15) is 31.2 Å².